The Balaban J connectivity index is 1.72. The zero-order valence-electron chi connectivity index (χ0n) is 19.6. The molecule has 4 aromatic rings. The van der Waals surface area contributed by atoms with Crippen LogP contribution in [0.15, 0.2) is 66.7 Å². The van der Waals surface area contributed by atoms with Gasteiger partial charge in [-0.15, -0.1) is 11.3 Å². The Kier molecular flexibility index (Phi) is 7.18. The highest BCUT2D eigenvalue weighted by Gasteiger charge is 2.18. The molecule has 5 nitrogen and oxygen atoms in total. The van der Waals surface area contributed by atoms with Crippen molar-refractivity contribution in [2.45, 2.75) is 13.8 Å². The third-order valence-electron chi connectivity index (χ3n) is 5.31. The highest BCUT2D eigenvalue weighted by molar-refractivity contribution is 7.22. The smallest absolute Gasteiger partial charge is 0.330 e. The van der Waals surface area contributed by atoms with Gasteiger partial charge in [0.25, 0.3) is 0 Å². The van der Waals surface area contributed by atoms with Gasteiger partial charge in [-0.25, -0.2) is 4.79 Å². The number of rotatable bonds is 8. The second-order valence-corrected chi connectivity index (χ2v) is 8.62. The first kappa shape index (κ1) is 23.4. The SMILES string of the molecule is CCOC(=O)/C=C/c1ccc(Oc2c(-c3ccc(OC)cc3)sc3cc(OC)ccc23)c(C)c1. The number of carbonyl (C=O) groups excluding carboxylic acids is 1. The number of benzene rings is 3. The number of ether oxygens (including phenoxy) is 4. The predicted molar refractivity (Wildman–Crippen MR) is 137 cm³/mol. The van der Waals surface area contributed by atoms with Gasteiger partial charge >= 0.3 is 5.97 Å². The van der Waals surface area contributed by atoms with Gasteiger partial charge in [-0.2, -0.15) is 0 Å². The molecule has 3 aromatic carbocycles. The Hall–Kier alpha value is -3.77. The van der Waals surface area contributed by atoms with Gasteiger partial charge in [0, 0.05) is 16.2 Å². The summed E-state index contributed by atoms with van der Waals surface area (Å²) in [6.45, 7) is 4.13. The molecule has 0 amide bonds. The molecule has 1 heterocycles. The maximum absolute atomic E-state index is 11.6. The van der Waals surface area contributed by atoms with E-state index >= 15 is 0 Å². The van der Waals surface area contributed by atoms with Crippen LogP contribution < -0.4 is 14.2 Å². The highest BCUT2D eigenvalue weighted by atomic mass is 32.1. The molecule has 0 saturated heterocycles. The van der Waals surface area contributed by atoms with Crippen LogP contribution in [0.1, 0.15) is 18.1 Å². The van der Waals surface area contributed by atoms with Crippen LogP contribution >= 0.6 is 11.3 Å². The lowest BCUT2D eigenvalue weighted by Crippen LogP contribution is -1.98. The average molecular weight is 475 g/mol. The summed E-state index contributed by atoms with van der Waals surface area (Å²) in [5.74, 6) is 2.79. The second-order valence-electron chi connectivity index (χ2n) is 7.56. The molecule has 0 radical (unpaired) electrons. The van der Waals surface area contributed by atoms with Gasteiger partial charge in [-0.1, -0.05) is 6.07 Å². The Labute approximate surface area is 203 Å². The first-order valence-corrected chi connectivity index (χ1v) is 11.7. The fourth-order valence-electron chi connectivity index (χ4n) is 3.57. The molecule has 6 heteroatoms. The Morgan fingerprint density at radius 2 is 1.68 bits per heavy atom. The van der Waals surface area contributed by atoms with Crippen LogP contribution in [0.25, 0.3) is 26.6 Å². The van der Waals surface area contributed by atoms with Crippen molar-refractivity contribution in [3.63, 3.8) is 0 Å². The van der Waals surface area contributed by atoms with E-state index in [9.17, 15) is 4.79 Å². The van der Waals surface area contributed by atoms with Gasteiger partial charge in [0.2, 0.25) is 0 Å². The van der Waals surface area contributed by atoms with E-state index in [1.54, 1.807) is 38.6 Å². The summed E-state index contributed by atoms with van der Waals surface area (Å²) in [6, 6.07) is 19.8. The quantitative estimate of drug-likeness (QED) is 0.199. The lowest BCUT2D eigenvalue weighted by atomic mass is 10.1. The van der Waals surface area contributed by atoms with Crippen LogP contribution in [0.5, 0.6) is 23.0 Å². The zero-order valence-corrected chi connectivity index (χ0v) is 20.4. The molecule has 0 unspecified atom stereocenters. The number of esters is 1. The van der Waals surface area contributed by atoms with E-state index < -0.39 is 0 Å². The third-order valence-corrected chi connectivity index (χ3v) is 6.50. The van der Waals surface area contributed by atoms with Crippen molar-refractivity contribution >= 4 is 33.5 Å². The summed E-state index contributed by atoms with van der Waals surface area (Å²) in [7, 11) is 3.32. The molecule has 174 valence electrons. The van der Waals surface area contributed by atoms with Gasteiger partial charge in [0.05, 0.1) is 25.7 Å². The van der Waals surface area contributed by atoms with Gasteiger partial charge in [0.15, 0.2) is 5.75 Å². The van der Waals surface area contributed by atoms with E-state index in [0.717, 1.165) is 54.7 Å². The number of methoxy groups -OCH3 is 2. The van der Waals surface area contributed by atoms with Gasteiger partial charge in [0.1, 0.15) is 17.2 Å². The number of hydrogen-bond acceptors (Lipinski definition) is 6. The van der Waals surface area contributed by atoms with E-state index in [2.05, 4.69) is 0 Å². The van der Waals surface area contributed by atoms with Crippen molar-refractivity contribution in [1.82, 2.24) is 0 Å². The van der Waals surface area contributed by atoms with E-state index in [0.29, 0.717) is 6.61 Å². The average Bonchev–Trinajstić information content (AvgIpc) is 3.21. The van der Waals surface area contributed by atoms with Crippen LogP contribution in [0.2, 0.25) is 0 Å². The number of carbonyl (C=O) groups is 1. The van der Waals surface area contributed by atoms with Crippen LogP contribution in [-0.4, -0.2) is 26.8 Å². The fraction of sp³-hybridized carbons (Fsp3) is 0.179. The number of hydrogen-bond donors (Lipinski definition) is 0. The normalized spacial score (nSPS) is 11.1. The van der Waals surface area contributed by atoms with Crippen molar-refractivity contribution in [3.05, 3.63) is 77.9 Å². The van der Waals surface area contributed by atoms with Crippen LogP contribution in [0, 0.1) is 6.92 Å². The largest absolute Gasteiger partial charge is 0.497 e. The minimum atomic E-state index is -0.357. The molecular weight excluding hydrogens is 448 g/mol. The molecule has 34 heavy (non-hydrogen) atoms. The lowest BCUT2D eigenvalue weighted by Gasteiger charge is -2.12. The maximum Gasteiger partial charge on any atom is 0.330 e. The topological polar surface area (TPSA) is 54.0 Å². The standard InChI is InChI=1S/C28H26O5S/c1-5-32-26(29)15-7-19-6-14-24(18(2)16-19)33-27-23-13-12-22(31-4)17-25(23)34-28(27)20-8-10-21(30-3)11-9-20/h6-17H,5H2,1-4H3/b15-7+. The molecule has 0 fully saturated rings. The third kappa shape index (κ3) is 5.07. The zero-order chi connectivity index (χ0) is 24.1. The van der Waals surface area contributed by atoms with Crippen LogP contribution in [-0.2, 0) is 9.53 Å². The van der Waals surface area contributed by atoms with Crippen molar-refractivity contribution in [2.75, 3.05) is 20.8 Å². The number of fused-ring (bicyclic) bond motifs is 1. The number of aryl methyl sites for hydroxylation is 1. The fourth-order valence-corrected chi connectivity index (χ4v) is 4.73. The molecule has 0 aliphatic carbocycles. The maximum atomic E-state index is 11.6. The Bertz CT molecular complexity index is 1340. The molecule has 0 bridgehead atoms. The predicted octanol–water partition coefficient (Wildman–Crippen LogP) is 7.26. The molecule has 0 aliphatic rings. The van der Waals surface area contributed by atoms with E-state index in [4.69, 9.17) is 18.9 Å². The Morgan fingerprint density at radius 1 is 0.941 bits per heavy atom. The molecule has 1 aromatic heterocycles. The van der Waals surface area contributed by atoms with E-state index in [1.165, 1.54) is 6.08 Å². The minimum Gasteiger partial charge on any atom is -0.497 e. The van der Waals surface area contributed by atoms with Gasteiger partial charge in [-0.3, -0.25) is 0 Å². The van der Waals surface area contributed by atoms with Gasteiger partial charge in [-0.05, 0) is 91.2 Å². The van der Waals surface area contributed by atoms with Crippen molar-refractivity contribution in [3.8, 4) is 33.4 Å². The minimum absolute atomic E-state index is 0.353. The molecule has 0 aliphatic heterocycles. The molecule has 4 rings (SSSR count). The van der Waals surface area contributed by atoms with E-state index in [1.807, 2.05) is 67.6 Å². The van der Waals surface area contributed by atoms with Crippen molar-refractivity contribution in [1.29, 1.82) is 0 Å². The van der Waals surface area contributed by atoms with Crippen molar-refractivity contribution in [2.24, 2.45) is 0 Å². The van der Waals surface area contributed by atoms with Crippen LogP contribution in [0.3, 0.4) is 0 Å². The summed E-state index contributed by atoms with van der Waals surface area (Å²) in [6.07, 6.45) is 3.17. The second kappa shape index (κ2) is 10.4. The molecule has 0 atom stereocenters. The summed E-state index contributed by atoms with van der Waals surface area (Å²) in [4.78, 5) is 12.6. The lowest BCUT2D eigenvalue weighted by molar-refractivity contribution is -0.137. The molecule has 0 N–H and O–H groups in total. The summed E-state index contributed by atoms with van der Waals surface area (Å²) in [5, 5.41) is 1.02. The first-order valence-electron chi connectivity index (χ1n) is 10.9. The van der Waals surface area contributed by atoms with E-state index in [-0.39, 0.29) is 5.97 Å². The first-order chi connectivity index (χ1) is 16.5. The van der Waals surface area contributed by atoms with Crippen molar-refractivity contribution < 1.29 is 23.7 Å². The Morgan fingerprint density at radius 3 is 2.35 bits per heavy atom. The molecule has 0 spiro atoms. The summed E-state index contributed by atoms with van der Waals surface area (Å²) in [5.41, 5.74) is 2.90. The summed E-state index contributed by atoms with van der Waals surface area (Å²) < 4.78 is 23.3. The van der Waals surface area contributed by atoms with Crippen LogP contribution in [0.4, 0.5) is 0 Å². The highest BCUT2D eigenvalue weighted by Crippen LogP contribution is 2.47. The molecule has 0 saturated carbocycles. The van der Waals surface area contributed by atoms with Gasteiger partial charge < -0.3 is 18.9 Å². The monoisotopic (exact) mass is 474 g/mol. The number of thiophene rings is 1. The molecular formula is C28H26O5S. The summed E-state index contributed by atoms with van der Waals surface area (Å²) >= 11 is 1.66.